The van der Waals surface area contributed by atoms with Gasteiger partial charge < -0.3 is 0 Å². The zero-order valence-electron chi connectivity index (χ0n) is 10.4. The highest BCUT2D eigenvalue weighted by Crippen LogP contribution is 2.26. The second-order valence-electron chi connectivity index (χ2n) is 4.22. The molecule has 3 nitrogen and oxygen atoms in total. The highest BCUT2D eigenvalue weighted by Gasteiger charge is 2.27. The van der Waals surface area contributed by atoms with E-state index in [0.717, 1.165) is 6.07 Å². The molecule has 0 aliphatic heterocycles. The van der Waals surface area contributed by atoms with Crippen LogP contribution in [0.5, 0.6) is 0 Å². The second kappa shape index (κ2) is 6.30. The summed E-state index contributed by atoms with van der Waals surface area (Å²) in [5.41, 5.74) is 0.468. The Morgan fingerprint density at radius 3 is 2.45 bits per heavy atom. The van der Waals surface area contributed by atoms with Crippen molar-refractivity contribution in [3.8, 4) is 0 Å². The van der Waals surface area contributed by atoms with Crippen LogP contribution in [0.2, 0.25) is 0 Å². The minimum absolute atomic E-state index is 0.0658. The third-order valence-electron chi connectivity index (χ3n) is 2.41. The molecule has 0 amide bonds. The molecule has 114 valence electrons. The van der Waals surface area contributed by atoms with Crippen molar-refractivity contribution >= 4 is 31.6 Å². The molecule has 0 saturated heterocycles. The maximum atomic E-state index is 13.2. The monoisotopic (exact) mass is 377 g/mol. The summed E-state index contributed by atoms with van der Waals surface area (Å²) in [6, 6.07) is 2.35. The predicted molar refractivity (Wildman–Crippen MR) is 71.5 cm³/mol. The molecular formula is C11H12BrF4NO2S. The zero-order chi connectivity index (χ0) is 15.6. The molecule has 0 aliphatic carbocycles. The van der Waals surface area contributed by atoms with Crippen LogP contribution in [0.3, 0.4) is 0 Å². The number of sulfonamides is 1. The number of nitrogens with one attached hydrogen (secondary N) is 1. The van der Waals surface area contributed by atoms with E-state index in [1.165, 1.54) is 13.0 Å². The fourth-order valence-corrected chi connectivity index (χ4v) is 2.96. The van der Waals surface area contributed by atoms with Gasteiger partial charge in [0.2, 0.25) is 10.0 Å². The van der Waals surface area contributed by atoms with Crippen LogP contribution in [0.1, 0.15) is 18.4 Å². The molecule has 1 N–H and O–H groups in total. The number of benzene rings is 1. The Bertz CT molecular complexity index is 587. The molecule has 1 aromatic rings. The van der Waals surface area contributed by atoms with Gasteiger partial charge in [0.15, 0.2) is 0 Å². The highest BCUT2D eigenvalue weighted by molar-refractivity contribution is 9.10. The Balaban J connectivity index is 2.74. The molecule has 0 aliphatic rings. The van der Waals surface area contributed by atoms with Gasteiger partial charge in [-0.2, -0.15) is 13.2 Å². The number of alkyl halides is 3. The Kier molecular flexibility index (Phi) is 5.42. The van der Waals surface area contributed by atoms with Gasteiger partial charge in [0, 0.05) is 6.42 Å². The molecule has 0 saturated carbocycles. The summed E-state index contributed by atoms with van der Waals surface area (Å²) >= 11 is 2.91. The van der Waals surface area contributed by atoms with Gasteiger partial charge in [0.05, 0.1) is 15.9 Å². The fraction of sp³-hybridized carbons (Fsp3) is 0.455. The molecule has 1 aromatic carbocycles. The minimum Gasteiger partial charge on any atom is -0.283 e. The number of hydrogen-bond donors (Lipinski definition) is 1. The van der Waals surface area contributed by atoms with Crippen molar-refractivity contribution in [2.45, 2.75) is 25.9 Å². The van der Waals surface area contributed by atoms with Gasteiger partial charge >= 0.3 is 6.18 Å². The molecule has 1 rings (SSSR count). The first-order chi connectivity index (χ1) is 9.00. The number of anilines is 1. The van der Waals surface area contributed by atoms with Crippen LogP contribution in [0.25, 0.3) is 0 Å². The molecule has 0 bridgehead atoms. The molecule has 0 unspecified atom stereocenters. The Morgan fingerprint density at radius 2 is 1.90 bits per heavy atom. The van der Waals surface area contributed by atoms with E-state index in [1.54, 1.807) is 0 Å². The normalized spacial score (nSPS) is 12.5. The van der Waals surface area contributed by atoms with Crippen molar-refractivity contribution in [3.63, 3.8) is 0 Å². The minimum atomic E-state index is -4.38. The summed E-state index contributed by atoms with van der Waals surface area (Å²) in [7, 11) is -3.90. The molecule has 0 fully saturated rings. The third-order valence-corrected chi connectivity index (χ3v) is 4.37. The second-order valence-corrected chi connectivity index (χ2v) is 6.92. The van der Waals surface area contributed by atoms with E-state index in [9.17, 15) is 26.0 Å². The van der Waals surface area contributed by atoms with Gasteiger partial charge in [-0.05, 0) is 47.0 Å². The predicted octanol–water partition coefficient (Wildman–Crippen LogP) is 3.98. The fourth-order valence-electron chi connectivity index (χ4n) is 1.44. The first kappa shape index (κ1) is 17.2. The smallest absolute Gasteiger partial charge is 0.283 e. The van der Waals surface area contributed by atoms with Crippen LogP contribution < -0.4 is 4.72 Å². The molecule has 0 heterocycles. The van der Waals surface area contributed by atoms with Gasteiger partial charge in [0.25, 0.3) is 0 Å². The van der Waals surface area contributed by atoms with Gasteiger partial charge in [-0.15, -0.1) is 0 Å². The maximum absolute atomic E-state index is 13.2. The lowest BCUT2D eigenvalue weighted by Gasteiger charge is -2.12. The zero-order valence-corrected chi connectivity index (χ0v) is 12.8. The van der Waals surface area contributed by atoms with Crippen LogP contribution in [0.4, 0.5) is 23.2 Å². The van der Waals surface area contributed by atoms with E-state index in [0.29, 0.717) is 5.56 Å². The van der Waals surface area contributed by atoms with E-state index >= 15 is 0 Å². The average Bonchev–Trinajstić information content (AvgIpc) is 2.23. The number of aryl methyl sites for hydroxylation is 1. The molecule has 0 aromatic heterocycles. The SMILES string of the molecule is Cc1cc(F)c(Br)cc1NS(=O)(=O)CCCC(F)(F)F. The Hall–Kier alpha value is -0.830. The van der Waals surface area contributed by atoms with Crippen molar-refractivity contribution in [3.05, 3.63) is 28.0 Å². The van der Waals surface area contributed by atoms with E-state index in [1.807, 2.05) is 0 Å². The number of halogens is 5. The first-order valence-electron chi connectivity index (χ1n) is 5.53. The number of hydrogen-bond acceptors (Lipinski definition) is 2. The largest absolute Gasteiger partial charge is 0.389 e. The lowest BCUT2D eigenvalue weighted by molar-refractivity contribution is -0.134. The van der Waals surface area contributed by atoms with Crippen molar-refractivity contribution in [2.24, 2.45) is 0 Å². The van der Waals surface area contributed by atoms with Crippen molar-refractivity contribution < 1.29 is 26.0 Å². The molecule has 0 radical (unpaired) electrons. The Labute approximate surface area is 122 Å². The van der Waals surface area contributed by atoms with E-state index in [-0.39, 0.29) is 10.2 Å². The molecular weight excluding hydrogens is 366 g/mol. The first-order valence-corrected chi connectivity index (χ1v) is 7.97. The van der Waals surface area contributed by atoms with Crippen LogP contribution in [-0.4, -0.2) is 20.3 Å². The van der Waals surface area contributed by atoms with E-state index < -0.39 is 40.6 Å². The standard InChI is InChI=1S/C11H12BrF4NO2S/c1-7-5-9(13)8(12)6-10(7)17-20(18,19)4-2-3-11(14,15)16/h5-6,17H,2-4H2,1H3. The molecule has 0 spiro atoms. The Morgan fingerprint density at radius 1 is 1.30 bits per heavy atom. The topological polar surface area (TPSA) is 46.2 Å². The quantitative estimate of drug-likeness (QED) is 0.788. The van der Waals surface area contributed by atoms with Crippen molar-refractivity contribution in [1.82, 2.24) is 0 Å². The maximum Gasteiger partial charge on any atom is 0.389 e. The van der Waals surface area contributed by atoms with Gasteiger partial charge in [-0.3, -0.25) is 4.72 Å². The van der Waals surface area contributed by atoms with Crippen LogP contribution in [0, 0.1) is 12.7 Å². The van der Waals surface area contributed by atoms with Gasteiger partial charge in [-0.1, -0.05) is 0 Å². The molecule has 9 heteroatoms. The van der Waals surface area contributed by atoms with Crippen LogP contribution >= 0.6 is 15.9 Å². The van der Waals surface area contributed by atoms with Crippen molar-refractivity contribution in [2.75, 3.05) is 10.5 Å². The highest BCUT2D eigenvalue weighted by atomic mass is 79.9. The lowest BCUT2D eigenvalue weighted by atomic mass is 10.2. The van der Waals surface area contributed by atoms with Crippen LogP contribution in [-0.2, 0) is 10.0 Å². The van der Waals surface area contributed by atoms with E-state index in [4.69, 9.17) is 0 Å². The summed E-state index contributed by atoms with van der Waals surface area (Å²) in [6.07, 6.45) is -6.08. The summed E-state index contributed by atoms with van der Waals surface area (Å²) in [4.78, 5) is 0. The van der Waals surface area contributed by atoms with E-state index in [2.05, 4.69) is 20.7 Å². The molecule has 0 atom stereocenters. The summed E-state index contributed by atoms with van der Waals surface area (Å²) in [5, 5.41) is 0. The summed E-state index contributed by atoms with van der Waals surface area (Å²) in [6.45, 7) is 1.49. The number of rotatable bonds is 5. The third kappa shape index (κ3) is 5.66. The average molecular weight is 378 g/mol. The van der Waals surface area contributed by atoms with Gasteiger partial charge in [0.1, 0.15) is 5.82 Å². The summed E-state index contributed by atoms with van der Waals surface area (Å²) in [5.74, 6) is -1.21. The molecule has 20 heavy (non-hydrogen) atoms. The summed E-state index contributed by atoms with van der Waals surface area (Å²) < 4.78 is 74.6. The van der Waals surface area contributed by atoms with Crippen LogP contribution in [0.15, 0.2) is 16.6 Å². The van der Waals surface area contributed by atoms with Gasteiger partial charge in [-0.25, -0.2) is 12.8 Å². The van der Waals surface area contributed by atoms with Crippen molar-refractivity contribution in [1.29, 1.82) is 0 Å². The lowest BCUT2D eigenvalue weighted by Crippen LogP contribution is -2.19.